The van der Waals surface area contributed by atoms with Gasteiger partial charge in [0.1, 0.15) is 0 Å². The maximum Gasteiger partial charge on any atom is 0.230 e. The molecule has 3 aromatic carbocycles. The van der Waals surface area contributed by atoms with Crippen LogP contribution < -0.4 is 5.32 Å². The van der Waals surface area contributed by atoms with Crippen LogP contribution in [0.5, 0.6) is 0 Å². The van der Waals surface area contributed by atoms with Gasteiger partial charge in [0.15, 0.2) is 11.6 Å². The van der Waals surface area contributed by atoms with Gasteiger partial charge in [-0.15, -0.1) is 0 Å². The second kappa shape index (κ2) is 7.13. The quantitative estimate of drug-likeness (QED) is 0.557. The molecule has 0 saturated carbocycles. The largest absolute Gasteiger partial charge is 0.325 e. The molecule has 0 saturated heterocycles. The Labute approximate surface area is 169 Å². The minimum atomic E-state index is -0.691. The smallest absolute Gasteiger partial charge is 0.230 e. The first kappa shape index (κ1) is 18.8. The number of carbonyl (C=O) groups excluding carboxylic acids is 3. The number of hydrogen-bond acceptors (Lipinski definition) is 3. The molecule has 0 heterocycles. The molecular formula is C25H21NO3. The van der Waals surface area contributed by atoms with E-state index in [9.17, 15) is 14.4 Å². The molecule has 144 valence electrons. The molecule has 1 N–H and O–H groups in total. The Bertz CT molecular complexity index is 1130. The lowest BCUT2D eigenvalue weighted by Gasteiger charge is -2.26. The Balaban J connectivity index is 1.66. The number of fused-ring (bicyclic) bond motifs is 2. The Morgan fingerprint density at radius 1 is 0.759 bits per heavy atom. The SMILES string of the molecule is CC(C)(Cc1ccccc1)C(=O)Nc1cccc2c1C(=O)c1ccccc1C2=O. The predicted octanol–water partition coefficient (Wildman–Crippen LogP) is 4.67. The van der Waals surface area contributed by atoms with E-state index in [1.54, 1.807) is 42.5 Å². The molecule has 3 aromatic rings. The van der Waals surface area contributed by atoms with Gasteiger partial charge in [-0.1, -0.05) is 80.6 Å². The molecule has 29 heavy (non-hydrogen) atoms. The highest BCUT2D eigenvalue weighted by atomic mass is 16.2. The number of amides is 1. The van der Waals surface area contributed by atoms with Gasteiger partial charge in [-0.05, 0) is 18.1 Å². The van der Waals surface area contributed by atoms with Gasteiger partial charge in [-0.2, -0.15) is 0 Å². The van der Waals surface area contributed by atoms with Crippen molar-refractivity contribution in [3.8, 4) is 0 Å². The molecule has 0 aromatic heterocycles. The maximum atomic E-state index is 13.1. The van der Waals surface area contributed by atoms with Crippen molar-refractivity contribution in [2.45, 2.75) is 20.3 Å². The molecule has 0 spiro atoms. The van der Waals surface area contributed by atoms with E-state index in [1.807, 2.05) is 44.2 Å². The van der Waals surface area contributed by atoms with Gasteiger partial charge in [0.05, 0.1) is 11.3 Å². The van der Waals surface area contributed by atoms with Gasteiger partial charge < -0.3 is 5.32 Å². The lowest BCUT2D eigenvalue weighted by molar-refractivity contribution is -0.123. The van der Waals surface area contributed by atoms with Crippen molar-refractivity contribution in [3.05, 3.63) is 101 Å². The first-order valence-electron chi connectivity index (χ1n) is 9.55. The number of hydrogen-bond donors (Lipinski definition) is 1. The molecule has 1 aliphatic carbocycles. The lowest BCUT2D eigenvalue weighted by atomic mass is 9.82. The number of anilines is 1. The fourth-order valence-corrected chi connectivity index (χ4v) is 3.73. The third-order valence-corrected chi connectivity index (χ3v) is 5.30. The van der Waals surface area contributed by atoms with Crippen molar-refractivity contribution < 1.29 is 14.4 Å². The Morgan fingerprint density at radius 2 is 1.34 bits per heavy atom. The summed E-state index contributed by atoms with van der Waals surface area (Å²) in [6, 6.07) is 21.6. The number of benzene rings is 3. The Hall–Kier alpha value is -3.53. The van der Waals surface area contributed by atoms with E-state index in [2.05, 4.69) is 5.32 Å². The topological polar surface area (TPSA) is 63.2 Å². The average Bonchev–Trinajstić information content (AvgIpc) is 2.72. The lowest BCUT2D eigenvalue weighted by Crippen LogP contribution is -2.34. The normalized spacial score (nSPS) is 12.9. The number of rotatable bonds is 4. The molecule has 1 aliphatic rings. The monoisotopic (exact) mass is 383 g/mol. The summed E-state index contributed by atoms with van der Waals surface area (Å²) >= 11 is 0. The van der Waals surface area contributed by atoms with Gasteiger partial charge in [0.25, 0.3) is 0 Å². The third kappa shape index (κ3) is 3.38. The zero-order valence-corrected chi connectivity index (χ0v) is 16.4. The van der Waals surface area contributed by atoms with E-state index in [-0.39, 0.29) is 23.0 Å². The molecule has 1 amide bonds. The maximum absolute atomic E-state index is 13.1. The van der Waals surface area contributed by atoms with Gasteiger partial charge in [-0.25, -0.2) is 0 Å². The zero-order chi connectivity index (χ0) is 20.6. The minimum absolute atomic E-state index is 0.199. The van der Waals surface area contributed by atoms with E-state index >= 15 is 0 Å². The van der Waals surface area contributed by atoms with Crippen LogP contribution in [0.3, 0.4) is 0 Å². The minimum Gasteiger partial charge on any atom is -0.325 e. The van der Waals surface area contributed by atoms with Crippen LogP contribution >= 0.6 is 0 Å². The molecule has 0 radical (unpaired) electrons. The van der Waals surface area contributed by atoms with Crippen LogP contribution in [0.15, 0.2) is 72.8 Å². The van der Waals surface area contributed by atoms with E-state index < -0.39 is 5.41 Å². The Morgan fingerprint density at radius 3 is 2.03 bits per heavy atom. The van der Waals surface area contributed by atoms with E-state index in [0.29, 0.717) is 28.8 Å². The van der Waals surface area contributed by atoms with E-state index in [0.717, 1.165) is 5.56 Å². The van der Waals surface area contributed by atoms with Gasteiger partial charge in [0.2, 0.25) is 5.91 Å². The summed E-state index contributed by atoms with van der Waals surface area (Å²) in [6.07, 6.45) is 0.560. The molecule has 4 heteroatoms. The van der Waals surface area contributed by atoms with Crippen molar-refractivity contribution in [1.82, 2.24) is 0 Å². The summed E-state index contributed by atoms with van der Waals surface area (Å²) < 4.78 is 0. The van der Waals surface area contributed by atoms with Crippen LogP contribution in [0.25, 0.3) is 0 Å². The molecule has 0 atom stereocenters. The van der Waals surface area contributed by atoms with Crippen LogP contribution in [0.2, 0.25) is 0 Å². The summed E-state index contributed by atoms with van der Waals surface area (Å²) in [5, 5.41) is 2.90. The van der Waals surface area contributed by atoms with Crippen molar-refractivity contribution in [2.24, 2.45) is 5.41 Å². The van der Waals surface area contributed by atoms with Gasteiger partial charge in [0, 0.05) is 22.1 Å². The summed E-state index contributed by atoms with van der Waals surface area (Å²) in [7, 11) is 0. The number of nitrogens with one attached hydrogen (secondary N) is 1. The van der Waals surface area contributed by atoms with E-state index in [4.69, 9.17) is 0 Å². The third-order valence-electron chi connectivity index (χ3n) is 5.30. The second-order valence-corrected chi connectivity index (χ2v) is 7.93. The first-order chi connectivity index (χ1) is 13.9. The highest BCUT2D eigenvalue weighted by Crippen LogP contribution is 2.33. The standard InChI is InChI=1S/C25H21NO3/c1-25(2,15-16-9-4-3-5-10-16)24(29)26-20-14-8-13-19-21(20)23(28)18-12-7-6-11-17(18)22(19)27/h3-14H,15H2,1-2H3,(H,26,29). The molecule has 0 unspecified atom stereocenters. The average molecular weight is 383 g/mol. The van der Waals surface area contributed by atoms with Crippen molar-refractivity contribution in [2.75, 3.05) is 5.32 Å². The molecule has 0 aliphatic heterocycles. The van der Waals surface area contributed by atoms with Crippen LogP contribution in [-0.2, 0) is 11.2 Å². The van der Waals surface area contributed by atoms with Crippen LogP contribution in [-0.4, -0.2) is 17.5 Å². The molecule has 0 fully saturated rings. The molecule has 0 bridgehead atoms. The highest BCUT2D eigenvalue weighted by Gasteiger charge is 2.33. The van der Waals surface area contributed by atoms with Crippen LogP contribution in [0, 0.1) is 5.41 Å². The number of ketones is 2. The second-order valence-electron chi connectivity index (χ2n) is 7.93. The summed E-state index contributed by atoms with van der Waals surface area (Å²) in [5.74, 6) is -0.643. The zero-order valence-electron chi connectivity index (χ0n) is 16.4. The van der Waals surface area contributed by atoms with Crippen molar-refractivity contribution in [3.63, 3.8) is 0 Å². The molecule has 4 rings (SSSR count). The fraction of sp³-hybridized carbons (Fsp3) is 0.160. The van der Waals surface area contributed by atoms with Gasteiger partial charge >= 0.3 is 0 Å². The molecular weight excluding hydrogens is 362 g/mol. The summed E-state index contributed by atoms with van der Waals surface area (Å²) in [6.45, 7) is 3.74. The van der Waals surface area contributed by atoms with Crippen molar-refractivity contribution in [1.29, 1.82) is 0 Å². The Kier molecular flexibility index (Phi) is 4.63. The fourth-order valence-electron chi connectivity index (χ4n) is 3.73. The van der Waals surface area contributed by atoms with Crippen LogP contribution in [0.1, 0.15) is 51.3 Å². The molecule has 4 nitrogen and oxygen atoms in total. The van der Waals surface area contributed by atoms with Gasteiger partial charge in [-0.3, -0.25) is 14.4 Å². The van der Waals surface area contributed by atoms with E-state index in [1.165, 1.54) is 0 Å². The highest BCUT2D eigenvalue weighted by molar-refractivity contribution is 6.30. The van der Waals surface area contributed by atoms with Crippen molar-refractivity contribution >= 4 is 23.2 Å². The van der Waals surface area contributed by atoms with Crippen LogP contribution in [0.4, 0.5) is 5.69 Å². The number of carbonyl (C=O) groups is 3. The summed E-state index contributed by atoms with van der Waals surface area (Å²) in [5.41, 5.74) is 2.11. The summed E-state index contributed by atoms with van der Waals surface area (Å²) in [4.78, 5) is 39.0. The first-order valence-corrected chi connectivity index (χ1v) is 9.55. The predicted molar refractivity (Wildman–Crippen MR) is 112 cm³/mol.